The van der Waals surface area contributed by atoms with E-state index in [9.17, 15) is 54.0 Å². The molecular formula is C34H34N6O13S2. The molecule has 4 fully saturated rings. The number of fused-ring (bicyclic) bond motifs is 5. The third kappa shape index (κ3) is 6.75. The minimum Gasteiger partial charge on any atom is -0.543 e. The summed E-state index contributed by atoms with van der Waals surface area (Å²) in [6.45, 7) is 2.40. The summed E-state index contributed by atoms with van der Waals surface area (Å²) < 4.78 is 0.544. The molecule has 290 valence electrons. The number of phenolic OH excluding ortho intramolecular Hbond substituents is 2. The van der Waals surface area contributed by atoms with Gasteiger partial charge in [-0.25, -0.2) is 9.78 Å². The third-order valence-corrected chi connectivity index (χ3v) is 13.2. The number of aromatic hydroxyl groups is 2. The van der Waals surface area contributed by atoms with E-state index in [0.717, 1.165) is 28.4 Å². The maximum Gasteiger partial charge on any atom is 0.348 e. The summed E-state index contributed by atoms with van der Waals surface area (Å²) in [5, 5.41) is 55.0. The average Bonchev–Trinajstić information content (AvgIpc) is 3.66. The molecule has 0 radical (unpaired) electrons. The molecule has 1 aromatic heterocycles. The summed E-state index contributed by atoms with van der Waals surface area (Å²) in [5.41, 5.74) is 5.14. The van der Waals surface area contributed by atoms with Gasteiger partial charge in [0.2, 0.25) is 12.0 Å². The number of ketones is 1. The highest BCUT2D eigenvalue weighted by atomic mass is 32.2. The molecule has 0 saturated carbocycles. The Labute approximate surface area is 319 Å². The van der Waals surface area contributed by atoms with Crippen molar-refractivity contribution in [3.05, 3.63) is 45.6 Å². The molecule has 7 heterocycles. The number of piperidine rings is 3. The molecule has 19 nitrogen and oxygen atoms in total. The van der Waals surface area contributed by atoms with E-state index in [2.05, 4.69) is 10.1 Å². The number of quaternary nitrogens is 1. The number of carboxylic acids is 3. The molecule has 6 aliphatic rings. The number of rotatable bonds is 14. The molecule has 0 aliphatic carbocycles. The number of hydrogen-bond acceptors (Lipinski definition) is 16. The zero-order valence-corrected chi connectivity index (χ0v) is 30.5. The molecule has 4 saturated heterocycles. The van der Waals surface area contributed by atoms with Crippen LogP contribution in [-0.2, 0) is 28.8 Å². The van der Waals surface area contributed by atoms with Gasteiger partial charge in [-0.15, -0.1) is 23.1 Å². The van der Waals surface area contributed by atoms with Crippen LogP contribution in [0.15, 0.2) is 33.9 Å². The van der Waals surface area contributed by atoms with Gasteiger partial charge in [0.1, 0.15) is 12.2 Å². The van der Waals surface area contributed by atoms with E-state index < -0.39 is 88.9 Å². The van der Waals surface area contributed by atoms with E-state index >= 15 is 0 Å². The molecule has 55 heavy (non-hydrogen) atoms. The lowest BCUT2D eigenvalue weighted by atomic mass is 9.70. The number of carbonyl (C=O) groups is 7. The van der Waals surface area contributed by atoms with E-state index in [4.69, 9.17) is 15.7 Å². The fourth-order valence-corrected chi connectivity index (χ4v) is 10.1. The molecule has 0 spiro atoms. The van der Waals surface area contributed by atoms with Crippen molar-refractivity contribution in [2.24, 2.45) is 16.5 Å². The number of imide groups is 1. The molecule has 1 aromatic carbocycles. The van der Waals surface area contributed by atoms with Gasteiger partial charge in [-0.3, -0.25) is 33.8 Å². The number of aliphatic carboxylic acids is 3. The lowest BCUT2D eigenvalue weighted by molar-refractivity contribution is -0.941. The Balaban J connectivity index is 1.03. The smallest absolute Gasteiger partial charge is 0.348 e. The molecule has 0 unspecified atom stereocenters. The number of amides is 3. The number of nitrogens with zero attached hydrogens (tertiary/aromatic N) is 5. The summed E-state index contributed by atoms with van der Waals surface area (Å²) in [7, 11) is 0. The van der Waals surface area contributed by atoms with E-state index in [1.807, 2.05) is 0 Å². The van der Waals surface area contributed by atoms with Crippen molar-refractivity contribution >= 4 is 75.4 Å². The van der Waals surface area contributed by atoms with Gasteiger partial charge in [0, 0.05) is 54.3 Å². The minimum atomic E-state index is -1.92. The van der Waals surface area contributed by atoms with Gasteiger partial charge in [-0.1, -0.05) is 5.16 Å². The van der Waals surface area contributed by atoms with Crippen LogP contribution in [0.5, 0.6) is 11.5 Å². The highest BCUT2D eigenvalue weighted by Gasteiger charge is 2.56. The van der Waals surface area contributed by atoms with Crippen LogP contribution in [0.4, 0.5) is 5.13 Å². The molecule has 21 heteroatoms. The number of β-lactam (4-membered cyclic amide) rings is 1. The molecule has 3 atom stereocenters. The van der Waals surface area contributed by atoms with Gasteiger partial charge in [0.05, 0.1) is 60.1 Å². The molecule has 3 amide bonds. The largest absolute Gasteiger partial charge is 0.543 e. The Bertz CT molecular complexity index is 2070. The SMILES string of the molecule is Nc1nc(/C(=N/O[C@@H](CC(=O)O)C(=O)O)C(=O)C[C@@H]2C(=O)N3C(C(=O)[O-])=C(C[N+]45CCC(CN6C(=O)c7cc(O)c(O)cc7C6=O)(CC4)CC5)CS[C@H]23)cs1. The van der Waals surface area contributed by atoms with Crippen LogP contribution in [0, 0.1) is 11.3 Å². The van der Waals surface area contributed by atoms with Crippen molar-refractivity contribution < 1.29 is 68.4 Å². The van der Waals surface area contributed by atoms with Crippen LogP contribution in [0.25, 0.3) is 0 Å². The van der Waals surface area contributed by atoms with Crippen molar-refractivity contribution in [1.29, 1.82) is 0 Å². The number of Topliss-reactive ketones (excluding diaryl/α,β-unsaturated/α-hetero) is 1. The van der Waals surface area contributed by atoms with Crippen molar-refractivity contribution in [1.82, 2.24) is 14.8 Å². The molecule has 8 rings (SSSR count). The number of carboxylic acid groups (broad SMARTS) is 3. The van der Waals surface area contributed by atoms with Gasteiger partial charge in [0.15, 0.2) is 28.1 Å². The zero-order chi connectivity index (χ0) is 39.6. The van der Waals surface area contributed by atoms with Crippen LogP contribution in [0.2, 0.25) is 0 Å². The molecular weight excluding hydrogens is 765 g/mol. The number of carbonyl (C=O) groups excluding carboxylic acids is 5. The van der Waals surface area contributed by atoms with Crippen molar-refractivity contribution in [3.8, 4) is 11.5 Å². The monoisotopic (exact) mass is 798 g/mol. The van der Waals surface area contributed by atoms with E-state index in [-0.39, 0.29) is 45.4 Å². The van der Waals surface area contributed by atoms with Crippen LogP contribution in [0.3, 0.4) is 0 Å². The number of nitrogen functional groups attached to an aromatic ring is 1. The number of thiazole rings is 1. The first-order valence-corrected chi connectivity index (χ1v) is 19.0. The summed E-state index contributed by atoms with van der Waals surface area (Å²) in [4.78, 5) is 99.8. The standard InChI is InChI=1S/C34H34N6O13S2/c35-33-36-19(13-55-33)25(37-53-23(31(49)50)10-24(44)45)22(43)9-18-29(48)39-26(32(51)52)15(12-54-30(18)39)11-40-4-1-34(2-5-40,3-6-40)14-38-27(46)16-7-20(41)21(42)8-17(16)28(38)47/h7-8,13,18,23,30H,1-6,9-12,14H2,(H6-,35,36,37,41,42,43,44,45,46,47,49,50,51,52)/t18-,23+,30-,34?,40?/m1/s1. The number of thioether (sulfide) groups is 1. The second-order valence-electron chi connectivity index (χ2n) is 14.4. The zero-order valence-electron chi connectivity index (χ0n) is 28.8. The molecule has 6 aliphatic heterocycles. The van der Waals surface area contributed by atoms with Crippen LogP contribution < -0.4 is 10.8 Å². The summed E-state index contributed by atoms with van der Waals surface area (Å²) in [5.74, 6) is -8.86. The first kappa shape index (κ1) is 37.8. The predicted molar refractivity (Wildman–Crippen MR) is 187 cm³/mol. The lowest BCUT2D eigenvalue weighted by Gasteiger charge is -2.57. The lowest BCUT2D eigenvalue weighted by Crippen LogP contribution is -2.66. The Morgan fingerprint density at radius 1 is 1.05 bits per heavy atom. The fraction of sp³-hybridized carbons (Fsp3) is 0.441. The van der Waals surface area contributed by atoms with E-state index in [0.29, 0.717) is 55.5 Å². The number of hydrogen-bond donors (Lipinski definition) is 5. The van der Waals surface area contributed by atoms with Crippen LogP contribution in [-0.4, -0.2) is 137 Å². The van der Waals surface area contributed by atoms with Gasteiger partial charge in [0.25, 0.3) is 11.8 Å². The first-order chi connectivity index (χ1) is 26.0. The topological polar surface area (TPSA) is 290 Å². The van der Waals surface area contributed by atoms with Gasteiger partial charge < -0.3 is 45.4 Å². The highest BCUT2D eigenvalue weighted by Crippen LogP contribution is 2.49. The number of oxime groups is 1. The van der Waals surface area contributed by atoms with E-state index in [1.165, 1.54) is 22.0 Å². The van der Waals surface area contributed by atoms with Crippen molar-refractivity contribution in [2.75, 3.05) is 44.2 Å². The summed E-state index contributed by atoms with van der Waals surface area (Å²) in [6.07, 6.45) is -1.40. The average molecular weight is 799 g/mol. The second-order valence-corrected chi connectivity index (χ2v) is 16.4. The summed E-state index contributed by atoms with van der Waals surface area (Å²) >= 11 is 2.24. The summed E-state index contributed by atoms with van der Waals surface area (Å²) in [6, 6.07) is 2.19. The normalized spacial score (nSPS) is 26.4. The quantitative estimate of drug-likeness (QED) is 0.0405. The predicted octanol–water partition coefficient (Wildman–Crippen LogP) is -0.423. The van der Waals surface area contributed by atoms with Gasteiger partial charge in [-0.05, 0) is 12.1 Å². The van der Waals surface area contributed by atoms with Crippen molar-refractivity contribution in [3.63, 3.8) is 0 Å². The number of benzene rings is 1. The second kappa shape index (κ2) is 13.9. The minimum absolute atomic E-state index is 0.0320. The van der Waals surface area contributed by atoms with Crippen molar-refractivity contribution in [2.45, 2.75) is 43.6 Å². The Morgan fingerprint density at radius 2 is 1.67 bits per heavy atom. The first-order valence-electron chi connectivity index (χ1n) is 17.1. The molecule has 2 aromatic rings. The fourth-order valence-electron chi connectivity index (χ4n) is 8.11. The third-order valence-electron chi connectivity index (χ3n) is 11.1. The Hall–Kier alpha value is -5.54. The number of aromatic nitrogens is 1. The highest BCUT2D eigenvalue weighted by molar-refractivity contribution is 8.00. The number of phenols is 2. The Kier molecular flexibility index (Phi) is 9.58. The number of nitrogens with two attached hydrogens (primary N) is 1. The molecule has 2 bridgehead atoms. The van der Waals surface area contributed by atoms with E-state index in [1.54, 1.807) is 0 Å². The van der Waals surface area contributed by atoms with Gasteiger partial charge in [-0.2, -0.15) is 0 Å². The maximum atomic E-state index is 13.6. The van der Waals surface area contributed by atoms with Crippen LogP contribution in [0.1, 0.15) is 58.5 Å². The molecule has 6 N–H and O–H groups in total. The number of anilines is 1. The van der Waals surface area contributed by atoms with Gasteiger partial charge >= 0.3 is 11.9 Å². The maximum absolute atomic E-state index is 13.6. The van der Waals surface area contributed by atoms with Crippen LogP contribution >= 0.6 is 23.1 Å². The Morgan fingerprint density at radius 3 is 2.20 bits per heavy atom.